The van der Waals surface area contributed by atoms with Crippen LogP contribution in [0.1, 0.15) is 20.8 Å². The van der Waals surface area contributed by atoms with Crippen LogP contribution >= 0.6 is 11.3 Å². The molecule has 0 radical (unpaired) electrons. The highest BCUT2D eigenvalue weighted by Gasteiger charge is 2.22. The molecule has 0 aliphatic rings. The van der Waals surface area contributed by atoms with Crippen LogP contribution < -0.4 is 17.0 Å². The first-order valence-corrected chi connectivity index (χ1v) is 8.27. The first-order valence-electron chi connectivity index (χ1n) is 7.46. The van der Waals surface area contributed by atoms with Gasteiger partial charge in [-0.05, 0) is 18.1 Å². The van der Waals surface area contributed by atoms with E-state index in [0.29, 0.717) is 15.8 Å². The SMILES string of the molecule is Cc1c(C(N)=O)sc2c1c(=O)n(Cc1ccccc1)c1n[nH]c(=O)n21. The van der Waals surface area contributed by atoms with E-state index < -0.39 is 11.6 Å². The van der Waals surface area contributed by atoms with Crippen molar-refractivity contribution in [3.05, 3.63) is 67.2 Å². The molecule has 3 heterocycles. The number of hydrogen-bond donors (Lipinski definition) is 2. The molecule has 0 aliphatic heterocycles. The molecule has 1 aromatic carbocycles. The maximum absolute atomic E-state index is 13.1. The lowest BCUT2D eigenvalue weighted by molar-refractivity contribution is 0.100. The zero-order valence-corrected chi connectivity index (χ0v) is 14.0. The van der Waals surface area contributed by atoms with Crippen molar-refractivity contribution in [1.29, 1.82) is 0 Å². The number of benzene rings is 1. The van der Waals surface area contributed by atoms with E-state index in [4.69, 9.17) is 5.73 Å². The lowest BCUT2D eigenvalue weighted by Gasteiger charge is -2.08. The molecule has 0 bridgehead atoms. The molecule has 9 heteroatoms. The smallest absolute Gasteiger partial charge is 0.350 e. The fourth-order valence-corrected chi connectivity index (χ4v) is 4.08. The van der Waals surface area contributed by atoms with Crippen LogP contribution in [0, 0.1) is 6.92 Å². The first kappa shape index (κ1) is 15.3. The third-order valence-electron chi connectivity index (χ3n) is 4.09. The Morgan fingerprint density at radius 3 is 2.68 bits per heavy atom. The number of carbonyl (C=O) groups excluding carboxylic acids is 1. The molecule has 1 amide bonds. The van der Waals surface area contributed by atoms with E-state index in [1.165, 1.54) is 8.97 Å². The van der Waals surface area contributed by atoms with E-state index in [-0.39, 0.29) is 22.8 Å². The highest BCUT2D eigenvalue weighted by Crippen LogP contribution is 2.28. The first-order chi connectivity index (χ1) is 12.0. The van der Waals surface area contributed by atoms with Crippen molar-refractivity contribution in [3.63, 3.8) is 0 Å². The highest BCUT2D eigenvalue weighted by atomic mass is 32.1. The molecule has 4 rings (SSSR count). The minimum Gasteiger partial charge on any atom is -0.365 e. The Morgan fingerprint density at radius 1 is 1.28 bits per heavy atom. The summed E-state index contributed by atoms with van der Waals surface area (Å²) in [7, 11) is 0. The maximum Gasteiger partial charge on any atom is 0.350 e. The predicted octanol–water partition coefficient (Wildman–Crippen LogP) is 0.855. The van der Waals surface area contributed by atoms with Crippen LogP contribution in [0.4, 0.5) is 0 Å². The van der Waals surface area contributed by atoms with Gasteiger partial charge in [-0.2, -0.15) is 0 Å². The minimum atomic E-state index is -0.627. The second kappa shape index (κ2) is 5.42. The summed E-state index contributed by atoms with van der Waals surface area (Å²) < 4.78 is 2.73. The molecule has 0 atom stereocenters. The fourth-order valence-electron chi connectivity index (χ4n) is 2.93. The van der Waals surface area contributed by atoms with E-state index in [9.17, 15) is 14.4 Å². The normalized spacial score (nSPS) is 11.4. The Bertz CT molecular complexity index is 1250. The second-order valence-corrected chi connectivity index (χ2v) is 6.64. The second-order valence-electron chi connectivity index (χ2n) is 5.64. The largest absolute Gasteiger partial charge is 0.365 e. The number of rotatable bonds is 3. The van der Waals surface area contributed by atoms with Crippen molar-refractivity contribution in [3.8, 4) is 0 Å². The number of amides is 1. The Labute approximate surface area is 144 Å². The summed E-state index contributed by atoms with van der Waals surface area (Å²) in [4.78, 5) is 37.6. The number of H-pyrrole nitrogens is 1. The molecule has 4 aromatic rings. The fraction of sp³-hybridized carbons (Fsp3) is 0.125. The van der Waals surface area contributed by atoms with Gasteiger partial charge in [0.2, 0.25) is 5.78 Å². The molecule has 0 unspecified atom stereocenters. The number of primary amides is 1. The van der Waals surface area contributed by atoms with Gasteiger partial charge in [-0.1, -0.05) is 30.3 Å². The predicted molar refractivity (Wildman–Crippen MR) is 94.3 cm³/mol. The Kier molecular flexibility index (Phi) is 3.32. The highest BCUT2D eigenvalue weighted by molar-refractivity contribution is 7.20. The summed E-state index contributed by atoms with van der Waals surface area (Å²) in [6.07, 6.45) is 0. The zero-order valence-electron chi connectivity index (χ0n) is 13.1. The van der Waals surface area contributed by atoms with Gasteiger partial charge in [0.05, 0.1) is 16.8 Å². The summed E-state index contributed by atoms with van der Waals surface area (Å²) in [5.41, 5.74) is 5.99. The standard InChI is InChI=1S/C16H13N5O3S/c1-8-10-13(23)20(7-9-5-3-2-4-6-9)15-18-19-16(24)21(15)14(10)25-11(8)12(17)22/h2-6H,7H2,1H3,(H2,17,22)(H,19,24). The van der Waals surface area contributed by atoms with Crippen LogP contribution in [0.15, 0.2) is 39.9 Å². The number of fused-ring (bicyclic) bond motifs is 3. The monoisotopic (exact) mass is 355 g/mol. The number of hydrogen-bond acceptors (Lipinski definition) is 5. The van der Waals surface area contributed by atoms with Gasteiger partial charge in [-0.3, -0.25) is 14.2 Å². The van der Waals surface area contributed by atoms with Crippen LogP contribution in [0.3, 0.4) is 0 Å². The quantitative estimate of drug-likeness (QED) is 0.567. The lowest BCUT2D eigenvalue weighted by atomic mass is 10.2. The average Bonchev–Trinajstić information content (AvgIpc) is 3.13. The Morgan fingerprint density at radius 2 is 2.00 bits per heavy atom. The van der Waals surface area contributed by atoms with Crippen molar-refractivity contribution in [2.24, 2.45) is 5.73 Å². The van der Waals surface area contributed by atoms with Crippen LogP contribution in [-0.2, 0) is 6.54 Å². The van der Waals surface area contributed by atoms with Gasteiger partial charge < -0.3 is 5.73 Å². The molecule has 0 saturated heterocycles. The van der Waals surface area contributed by atoms with Crippen molar-refractivity contribution >= 4 is 33.2 Å². The van der Waals surface area contributed by atoms with Crippen LogP contribution in [0.2, 0.25) is 0 Å². The summed E-state index contributed by atoms with van der Waals surface area (Å²) in [5, 5.41) is 6.67. The van der Waals surface area contributed by atoms with Gasteiger partial charge in [0, 0.05) is 0 Å². The summed E-state index contributed by atoms with van der Waals surface area (Å²) >= 11 is 1.02. The van der Waals surface area contributed by atoms with Crippen molar-refractivity contribution < 1.29 is 4.79 Å². The van der Waals surface area contributed by atoms with Gasteiger partial charge >= 0.3 is 5.69 Å². The van der Waals surface area contributed by atoms with E-state index in [2.05, 4.69) is 10.2 Å². The molecular weight excluding hydrogens is 342 g/mol. The van der Waals surface area contributed by atoms with Gasteiger partial charge in [0.15, 0.2) is 0 Å². The molecule has 0 fully saturated rings. The number of nitrogens with two attached hydrogens (primary N) is 1. The van der Waals surface area contributed by atoms with Crippen molar-refractivity contribution in [1.82, 2.24) is 19.2 Å². The number of thiophene rings is 1. The van der Waals surface area contributed by atoms with E-state index in [0.717, 1.165) is 16.9 Å². The maximum atomic E-state index is 13.1. The van der Waals surface area contributed by atoms with E-state index >= 15 is 0 Å². The molecule has 126 valence electrons. The Balaban J connectivity index is 2.14. The lowest BCUT2D eigenvalue weighted by Crippen LogP contribution is -2.25. The van der Waals surface area contributed by atoms with Crippen LogP contribution in [0.5, 0.6) is 0 Å². The number of aryl methyl sites for hydroxylation is 1. The number of aromatic amines is 1. The number of nitrogens with zero attached hydrogens (tertiary/aromatic N) is 3. The Hall–Kier alpha value is -3.20. The molecule has 3 aromatic heterocycles. The van der Waals surface area contributed by atoms with E-state index in [1.54, 1.807) is 6.92 Å². The number of carbonyl (C=O) groups is 1. The molecule has 8 nitrogen and oxygen atoms in total. The molecule has 0 spiro atoms. The molecule has 0 aliphatic carbocycles. The summed E-state index contributed by atoms with van der Waals surface area (Å²) in [6.45, 7) is 1.91. The summed E-state index contributed by atoms with van der Waals surface area (Å²) in [6, 6.07) is 9.38. The molecule has 25 heavy (non-hydrogen) atoms. The zero-order chi connectivity index (χ0) is 17.7. The van der Waals surface area contributed by atoms with Gasteiger partial charge in [-0.25, -0.2) is 14.3 Å². The average molecular weight is 355 g/mol. The number of aromatic nitrogens is 4. The number of nitrogens with one attached hydrogen (secondary N) is 1. The molecular formula is C16H13N5O3S. The van der Waals surface area contributed by atoms with Crippen molar-refractivity contribution in [2.45, 2.75) is 13.5 Å². The van der Waals surface area contributed by atoms with Gasteiger partial charge in [0.1, 0.15) is 4.83 Å². The van der Waals surface area contributed by atoms with E-state index in [1.807, 2.05) is 30.3 Å². The molecule has 3 N–H and O–H groups in total. The molecule has 0 saturated carbocycles. The third-order valence-corrected chi connectivity index (χ3v) is 5.39. The van der Waals surface area contributed by atoms with Crippen molar-refractivity contribution in [2.75, 3.05) is 0 Å². The third kappa shape index (κ3) is 2.20. The summed E-state index contributed by atoms with van der Waals surface area (Å²) in [5.74, 6) is -0.430. The topological polar surface area (TPSA) is 115 Å². The van der Waals surface area contributed by atoms with Gasteiger partial charge in [0.25, 0.3) is 11.5 Å². The minimum absolute atomic E-state index is 0.198. The van der Waals surface area contributed by atoms with Crippen LogP contribution in [0.25, 0.3) is 16.0 Å². The van der Waals surface area contributed by atoms with Gasteiger partial charge in [-0.15, -0.1) is 16.4 Å². The van der Waals surface area contributed by atoms with Crippen LogP contribution in [-0.4, -0.2) is 25.1 Å².